The molecule has 3 heterocycles. The van der Waals surface area contributed by atoms with Crippen LogP contribution >= 0.6 is 22.7 Å². The van der Waals surface area contributed by atoms with Crippen LogP contribution in [0.2, 0.25) is 0 Å². The summed E-state index contributed by atoms with van der Waals surface area (Å²) in [4.78, 5) is 18.9. The summed E-state index contributed by atoms with van der Waals surface area (Å²) < 4.78 is 14.6. The molecule has 3 nitrogen and oxygen atoms in total. The zero-order chi connectivity index (χ0) is 16.5. The number of fused-ring (bicyclic) bond motifs is 1. The monoisotopic (exact) mass is 360 g/mol. The fourth-order valence-electron chi connectivity index (χ4n) is 3.02. The predicted molar refractivity (Wildman–Crippen MR) is 97.3 cm³/mol. The summed E-state index contributed by atoms with van der Waals surface area (Å²) in [5.74, 6) is -0.241. The summed E-state index contributed by atoms with van der Waals surface area (Å²) in [7, 11) is 0. The molecule has 1 amide bonds. The molecule has 4 rings (SSSR count). The Kier molecular flexibility index (Phi) is 4.35. The SMILES string of the molecule is O=C(c1cc2c(F)cccc2s1)N1CCN(Cc2cccs2)CC1. The third kappa shape index (κ3) is 3.09. The first-order valence-electron chi connectivity index (χ1n) is 7.93. The molecular formula is C18H17FN2OS2. The highest BCUT2D eigenvalue weighted by molar-refractivity contribution is 7.20. The standard InChI is InChI=1S/C18H17FN2OS2/c19-15-4-1-5-16-14(15)11-17(24-16)18(22)21-8-6-20(7-9-21)12-13-3-2-10-23-13/h1-5,10-11H,6-9,12H2. The van der Waals surface area contributed by atoms with Gasteiger partial charge in [-0.1, -0.05) is 12.1 Å². The van der Waals surface area contributed by atoms with Gasteiger partial charge in [0.1, 0.15) is 5.82 Å². The van der Waals surface area contributed by atoms with Crippen molar-refractivity contribution in [3.8, 4) is 0 Å². The van der Waals surface area contributed by atoms with E-state index in [9.17, 15) is 9.18 Å². The average Bonchev–Trinajstić information content (AvgIpc) is 3.25. The number of rotatable bonds is 3. The molecule has 0 radical (unpaired) electrons. The molecule has 1 aliphatic rings. The zero-order valence-corrected chi connectivity index (χ0v) is 14.7. The first-order valence-corrected chi connectivity index (χ1v) is 9.62. The van der Waals surface area contributed by atoms with E-state index >= 15 is 0 Å². The highest BCUT2D eigenvalue weighted by Gasteiger charge is 2.24. The molecule has 0 aliphatic carbocycles. The quantitative estimate of drug-likeness (QED) is 0.703. The smallest absolute Gasteiger partial charge is 0.264 e. The van der Waals surface area contributed by atoms with Crippen molar-refractivity contribution < 1.29 is 9.18 Å². The number of carbonyl (C=O) groups is 1. The van der Waals surface area contributed by atoms with Gasteiger partial charge < -0.3 is 4.90 Å². The average molecular weight is 360 g/mol. The van der Waals surface area contributed by atoms with Crippen molar-refractivity contribution in [1.29, 1.82) is 0 Å². The van der Waals surface area contributed by atoms with Crippen LogP contribution in [0.5, 0.6) is 0 Å². The molecule has 0 bridgehead atoms. The molecule has 1 aromatic carbocycles. The molecule has 2 aromatic heterocycles. The molecular weight excluding hydrogens is 343 g/mol. The van der Waals surface area contributed by atoms with Crippen LogP contribution in [0.1, 0.15) is 14.5 Å². The van der Waals surface area contributed by atoms with Crippen molar-refractivity contribution in [1.82, 2.24) is 9.80 Å². The van der Waals surface area contributed by atoms with Gasteiger partial charge in [-0.3, -0.25) is 9.69 Å². The van der Waals surface area contributed by atoms with Crippen molar-refractivity contribution >= 4 is 38.7 Å². The van der Waals surface area contributed by atoms with Crippen LogP contribution in [-0.4, -0.2) is 41.9 Å². The van der Waals surface area contributed by atoms with Gasteiger partial charge in [0.25, 0.3) is 5.91 Å². The second-order valence-corrected chi connectivity index (χ2v) is 8.03. The Balaban J connectivity index is 1.42. The van der Waals surface area contributed by atoms with Gasteiger partial charge in [-0.25, -0.2) is 4.39 Å². The Labute approximate surface area is 147 Å². The number of carbonyl (C=O) groups excluding carboxylic acids is 1. The summed E-state index contributed by atoms with van der Waals surface area (Å²) in [6.07, 6.45) is 0. The molecule has 1 fully saturated rings. The van der Waals surface area contributed by atoms with E-state index in [1.807, 2.05) is 11.0 Å². The lowest BCUT2D eigenvalue weighted by atomic mass is 10.2. The van der Waals surface area contributed by atoms with E-state index in [1.165, 1.54) is 22.3 Å². The summed E-state index contributed by atoms with van der Waals surface area (Å²) >= 11 is 3.14. The number of hydrogen-bond acceptors (Lipinski definition) is 4. The van der Waals surface area contributed by atoms with Crippen LogP contribution in [0, 0.1) is 5.82 Å². The molecule has 0 atom stereocenters. The molecule has 0 unspecified atom stereocenters. The minimum absolute atomic E-state index is 0.0198. The number of nitrogens with zero attached hydrogens (tertiary/aromatic N) is 2. The van der Waals surface area contributed by atoms with Crippen LogP contribution in [-0.2, 0) is 6.54 Å². The second-order valence-electron chi connectivity index (χ2n) is 5.91. The summed E-state index contributed by atoms with van der Waals surface area (Å²) in [5.41, 5.74) is 0. The summed E-state index contributed by atoms with van der Waals surface area (Å²) in [6.45, 7) is 4.15. The number of benzene rings is 1. The van der Waals surface area contributed by atoms with Crippen molar-refractivity contribution in [3.05, 3.63) is 57.3 Å². The van der Waals surface area contributed by atoms with Gasteiger partial charge in [-0.15, -0.1) is 22.7 Å². The van der Waals surface area contributed by atoms with E-state index in [-0.39, 0.29) is 11.7 Å². The van der Waals surface area contributed by atoms with Crippen LogP contribution in [0.4, 0.5) is 4.39 Å². The van der Waals surface area contributed by atoms with E-state index in [2.05, 4.69) is 22.4 Å². The van der Waals surface area contributed by atoms with Gasteiger partial charge in [0.05, 0.1) is 4.88 Å². The van der Waals surface area contributed by atoms with Gasteiger partial charge in [0, 0.05) is 47.7 Å². The Hall–Kier alpha value is -1.76. The maximum absolute atomic E-state index is 13.8. The van der Waals surface area contributed by atoms with E-state index in [1.54, 1.807) is 23.5 Å². The molecule has 6 heteroatoms. The number of hydrogen-bond donors (Lipinski definition) is 0. The van der Waals surface area contributed by atoms with Crippen molar-refractivity contribution in [2.75, 3.05) is 26.2 Å². The van der Waals surface area contributed by atoms with Gasteiger partial charge in [-0.05, 0) is 29.6 Å². The number of amides is 1. The number of thiophene rings is 2. The maximum Gasteiger partial charge on any atom is 0.264 e. The molecule has 0 N–H and O–H groups in total. The summed E-state index contributed by atoms with van der Waals surface area (Å²) in [6, 6.07) is 10.9. The molecule has 1 aliphatic heterocycles. The van der Waals surface area contributed by atoms with Gasteiger partial charge in [0.2, 0.25) is 0 Å². The molecule has 0 saturated carbocycles. The highest BCUT2D eigenvalue weighted by atomic mass is 32.1. The fourth-order valence-corrected chi connectivity index (χ4v) is 4.81. The normalized spacial score (nSPS) is 16.0. The van der Waals surface area contributed by atoms with E-state index in [0.29, 0.717) is 10.3 Å². The van der Waals surface area contributed by atoms with Crippen molar-refractivity contribution in [2.24, 2.45) is 0 Å². The van der Waals surface area contributed by atoms with Crippen LogP contribution in [0.25, 0.3) is 10.1 Å². The first kappa shape index (κ1) is 15.7. The molecule has 0 spiro atoms. The third-order valence-corrected chi connectivity index (χ3v) is 6.29. The van der Waals surface area contributed by atoms with E-state index in [0.717, 1.165) is 37.4 Å². The maximum atomic E-state index is 13.8. The van der Waals surface area contributed by atoms with Crippen LogP contribution in [0.3, 0.4) is 0 Å². The summed E-state index contributed by atoms with van der Waals surface area (Å²) in [5, 5.41) is 2.64. The lowest BCUT2D eigenvalue weighted by molar-refractivity contribution is 0.0634. The van der Waals surface area contributed by atoms with Crippen molar-refractivity contribution in [2.45, 2.75) is 6.54 Å². The predicted octanol–water partition coefficient (Wildman–Crippen LogP) is 4.06. The van der Waals surface area contributed by atoms with E-state index < -0.39 is 0 Å². The lowest BCUT2D eigenvalue weighted by Crippen LogP contribution is -2.48. The Morgan fingerprint density at radius 2 is 1.96 bits per heavy atom. The molecule has 3 aromatic rings. The van der Waals surface area contributed by atoms with Gasteiger partial charge in [-0.2, -0.15) is 0 Å². The minimum Gasteiger partial charge on any atom is -0.335 e. The molecule has 124 valence electrons. The minimum atomic E-state index is -0.261. The Bertz CT molecular complexity index is 851. The molecule has 1 saturated heterocycles. The Morgan fingerprint density at radius 3 is 2.67 bits per heavy atom. The second kappa shape index (κ2) is 6.63. The topological polar surface area (TPSA) is 23.6 Å². The van der Waals surface area contributed by atoms with Crippen molar-refractivity contribution in [3.63, 3.8) is 0 Å². The van der Waals surface area contributed by atoms with E-state index in [4.69, 9.17) is 0 Å². The van der Waals surface area contributed by atoms with Gasteiger partial charge in [0.15, 0.2) is 0 Å². The highest BCUT2D eigenvalue weighted by Crippen LogP contribution is 2.28. The fraction of sp³-hybridized carbons (Fsp3) is 0.278. The molecule has 24 heavy (non-hydrogen) atoms. The van der Waals surface area contributed by atoms with Gasteiger partial charge >= 0.3 is 0 Å². The van der Waals surface area contributed by atoms with Crippen LogP contribution < -0.4 is 0 Å². The lowest BCUT2D eigenvalue weighted by Gasteiger charge is -2.34. The number of halogens is 1. The zero-order valence-electron chi connectivity index (χ0n) is 13.1. The largest absolute Gasteiger partial charge is 0.335 e. The van der Waals surface area contributed by atoms with Crippen LogP contribution in [0.15, 0.2) is 41.8 Å². The third-order valence-electron chi connectivity index (χ3n) is 4.34. The number of piperazine rings is 1. The first-order chi connectivity index (χ1) is 11.7. The Morgan fingerprint density at radius 1 is 1.12 bits per heavy atom.